The molecule has 24 nitrogen and oxygen atoms in total. The maximum absolute atomic E-state index is 4.25. The summed E-state index contributed by atoms with van der Waals surface area (Å²) in [5, 5.41) is 23.8. The number of rotatable bonds is 2. The van der Waals surface area contributed by atoms with Crippen LogP contribution in [0.4, 0.5) is 0 Å². The Balaban J connectivity index is 0.000000140. The van der Waals surface area contributed by atoms with Gasteiger partial charge < -0.3 is 82.0 Å². The van der Waals surface area contributed by atoms with E-state index in [2.05, 4.69) is 272 Å². The zero-order chi connectivity index (χ0) is 61.1. The summed E-state index contributed by atoms with van der Waals surface area (Å²) in [6.45, 7) is 0.746. The molecule has 4 aliphatic rings. The lowest BCUT2D eigenvalue weighted by Crippen LogP contribution is -2.33. The lowest BCUT2D eigenvalue weighted by Gasteiger charge is -2.04. The topological polar surface area (TPSA) is 315 Å². The van der Waals surface area contributed by atoms with Gasteiger partial charge in [-0.25, -0.2) is 39.9 Å². The Morgan fingerprint density at radius 2 is 0.652 bits per heavy atom. The van der Waals surface area contributed by atoms with Crippen molar-refractivity contribution in [1.82, 2.24) is 122 Å². The summed E-state index contributed by atoms with van der Waals surface area (Å²) < 4.78 is 2.00. The van der Waals surface area contributed by atoms with Crippen LogP contribution in [0.3, 0.4) is 0 Å². The second-order valence-corrected chi connectivity index (χ2v) is 16.5. The molecule has 0 spiro atoms. The summed E-state index contributed by atoms with van der Waals surface area (Å²) in [4.78, 5) is 51.9. The van der Waals surface area contributed by atoms with Gasteiger partial charge in [0.1, 0.15) is 0 Å². The van der Waals surface area contributed by atoms with Gasteiger partial charge in [0, 0.05) is 155 Å². The Kier molecular flexibility index (Phi) is 24.8. The maximum Gasteiger partial charge on any atom is 0.186 e. The molecular formula is C65H48N24. The summed E-state index contributed by atoms with van der Waals surface area (Å²) in [6, 6.07) is 15.6. The van der Waals surface area contributed by atoms with Crippen molar-refractivity contribution >= 4 is 0 Å². The minimum Gasteiger partial charge on any atom is -0.360 e. The van der Waals surface area contributed by atoms with E-state index in [4.69, 9.17) is 0 Å². The third-order valence-electron chi connectivity index (χ3n) is 10.3. The summed E-state index contributed by atoms with van der Waals surface area (Å²) in [5.41, 5.74) is 1.21. The molecule has 4 aliphatic heterocycles. The molecule has 8 aromatic heterocycles. The van der Waals surface area contributed by atoms with E-state index in [0.717, 1.165) is 6.54 Å². The van der Waals surface area contributed by atoms with Crippen molar-refractivity contribution in [3.8, 4) is 142 Å². The van der Waals surface area contributed by atoms with Crippen LogP contribution in [0, 0.1) is 142 Å². The molecule has 12 heterocycles. The van der Waals surface area contributed by atoms with E-state index in [9.17, 15) is 0 Å². The van der Waals surface area contributed by atoms with E-state index >= 15 is 0 Å². The number of nitrogens with one attached hydrogen (secondary N) is 15. The van der Waals surface area contributed by atoms with Gasteiger partial charge in [0.25, 0.3) is 0 Å². The molecule has 15 N–H and O–H groups in total. The van der Waals surface area contributed by atoms with E-state index in [0.29, 0.717) is 46.6 Å². The fraction of sp³-hybridized carbons (Fsp3) is 0.0769. The Morgan fingerprint density at radius 3 is 1.01 bits per heavy atom. The molecule has 0 saturated carbocycles. The van der Waals surface area contributed by atoms with Gasteiger partial charge in [-0.2, -0.15) is 0 Å². The zero-order valence-corrected chi connectivity index (χ0v) is 46.6. The second-order valence-electron chi connectivity index (χ2n) is 16.5. The zero-order valence-electron chi connectivity index (χ0n) is 46.6. The molecule has 428 valence electrons. The Bertz CT molecular complexity index is 4280. The average molecular weight is 1170 g/mol. The standard InChI is InChI=1S/C17H12N4.C12H6N4.C10H10N4.C10H6N4.C8H8N4.C8H6N4/c1-2-6-15(7-3-1)14-21-13-12-20-17(21)9-5-4-8-16-18-10-11-19-16;1(3-5-11-13-7-8-14-11)2-4-6-12-15-9-10-16-12;2*1(3-9-11-5-6-12-9)2-4-10-13-7-8-14-10;2*1(7-9-3-4-10-7)2-8-11-5-6-12-8/h1-3,6-7,10-13H,14H2,(H,18,19);7-10H,(H,13,14)(H,15,16);5-14H;5-8H,(H,11,12)(H,13,14);3-4,7-12H;3-6H,(H,9,10)(H,11,12). The quantitative estimate of drug-likeness (QED) is 0.108. The molecule has 13 rings (SSSR count). The van der Waals surface area contributed by atoms with Crippen LogP contribution in [-0.2, 0) is 6.54 Å². The molecule has 24 heteroatoms. The summed E-state index contributed by atoms with van der Waals surface area (Å²) in [5.74, 6) is 66.1. The van der Waals surface area contributed by atoms with Gasteiger partial charge in [0.2, 0.25) is 0 Å². The molecule has 0 bridgehead atoms. The first-order chi connectivity index (χ1) is 44.2. The molecule has 0 radical (unpaired) electrons. The molecule has 0 amide bonds. The molecule has 0 aliphatic carbocycles. The highest BCUT2D eigenvalue weighted by Crippen LogP contribution is 2.05. The predicted molar refractivity (Wildman–Crippen MR) is 332 cm³/mol. The van der Waals surface area contributed by atoms with E-state index in [1.807, 2.05) is 66.2 Å². The monoisotopic (exact) mass is 1160 g/mol. The highest BCUT2D eigenvalue weighted by molar-refractivity contribution is 5.41. The minimum atomic E-state index is -0.0609. The van der Waals surface area contributed by atoms with Crippen LogP contribution in [0.2, 0.25) is 0 Å². The largest absolute Gasteiger partial charge is 0.360 e. The number of aromatic amines is 7. The smallest absolute Gasteiger partial charge is 0.186 e. The van der Waals surface area contributed by atoms with E-state index in [1.165, 1.54) is 5.56 Å². The third kappa shape index (κ3) is 24.1. The van der Waals surface area contributed by atoms with Crippen LogP contribution >= 0.6 is 0 Å². The Labute approximate surface area is 512 Å². The third-order valence-corrected chi connectivity index (χ3v) is 10.3. The summed E-state index contributed by atoms with van der Waals surface area (Å²) in [6.07, 6.45) is 38.1. The van der Waals surface area contributed by atoms with Crippen molar-refractivity contribution in [3.63, 3.8) is 0 Å². The number of hydrogen-bond acceptors (Lipinski definition) is 16. The number of imidazole rings is 8. The number of hydrogen-bond donors (Lipinski definition) is 15. The van der Waals surface area contributed by atoms with Crippen LogP contribution in [-0.4, -0.2) is 104 Å². The van der Waals surface area contributed by atoms with Gasteiger partial charge in [-0.1, -0.05) is 42.2 Å². The molecule has 0 unspecified atom stereocenters. The molecule has 0 saturated heterocycles. The van der Waals surface area contributed by atoms with Crippen molar-refractivity contribution in [1.29, 1.82) is 0 Å². The van der Waals surface area contributed by atoms with Gasteiger partial charge in [0.05, 0.1) is 0 Å². The minimum absolute atomic E-state index is 0.00748. The molecule has 0 fully saturated rings. The first-order valence-electron chi connectivity index (χ1n) is 26.3. The lowest BCUT2D eigenvalue weighted by molar-refractivity contribution is 0.692. The van der Waals surface area contributed by atoms with Crippen LogP contribution < -0.4 is 42.5 Å². The lowest BCUT2D eigenvalue weighted by atomic mass is 10.2. The first-order valence-corrected chi connectivity index (χ1v) is 26.3. The van der Waals surface area contributed by atoms with E-state index in [1.54, 1.807) is 93.0 Å². The summed E-state index contributed by atoms with van der Waals surface area (Å²) >= 11 is 0. The Morgan fingerprint density at radius 1 is 0.326 bits per heavy atom. The maximum atomic E-state index is 4.25. The van der Waals surface area contributed by atoms with Gasteiger partial charge >= 0.3 is 0 Å². The molecular weight excluding hydrogens is 1120 g/mol. The fourth-order valence-corrected chi connectivity index (χ4v) is 6.36. The molecule has 0 atom stereocenters. The van der Waals surface area contributed by atoms with Crippen molar-refractivity contribution in [2.45, 2.75) is 31.2 Å². The number of H-pyrrole nitrogens is 7. The van der Waals surface area contributed by atoms with Gasteiger partial charge in [-0.15, -0.1) is 0 Å². The Hall–Kier alpha value is -14.8. The number of benzene rings is 1. The van der Waals surface area contributed by atoms with Gasteiger partial charge in [-0.05, 0) is 124 Å². The highest BCUT2D eigenvalue weighted by atomic mass is 15.2. The van der Waals surface area contributed by atoms with E-state index < -0.39 is 0 Å². The van der Waals surface area contributed by atoms with Crippen LogP contribution in [0.5, 0.6) is 0 Å². The fourth-order valence-electron chi connectivity index (χ4n) is 6.36. The van der Waals surface area contributed by atoms with Crippen LogP contribution in [0.1, 0.15) is 52.2 Å². The predicted octanol–water partition coefficient (Wildman–Crippen LogP) is 1.06. The SMILES string of the molecule is C(#CC#Cc1ncc[nH]1)C#Cc1ncc[nH]1.C(#Cc1ncc[nH]1)c1ncc[nH]1.C(C#CC1NC=CN1)#CC1NC=CN1.C(C#Cc1ncc[nH]1)#Cc1ncc[nH]1.C(C#Cc1nccn1Cc1ccccc1)#Cc1ncc[nH]1.C1#CNC(C#CC2NC=CN2)N1. The van der Waals surface area contributed by atoms with Crippen LogP contribution in [0.15, 0.2) is 167 Å². The number of nitrogens with zero attached hydrogens (tertiary/aromatic N) is 9. The molecule has 9 aromatic rings. The van der Waals surface area contributed by atoms with Gasteiger partial charge in [0.15, 0.2) is 71.3 Å². The first kappa shape index (κ1) is 60.3. The van der Waals surface area contributed by atoms with Crippen molar-refractivity contribution in [2.24, 2.45) is 0 Å². The van der Waals surface area contributed by atoms with Crippen molar-refractivity contribution in [2.75, 3.05) is 0 Å². The van der Waals surface area contributed by atoms with Crippen molar-refractivity contribution < 1.29 is 0 Å². The molecule has 1 aromatic carbocycles. The van der Waals surface area contributed by atoms with Crippen LogP contribution in [0.25, 0.3) is 0 Å². The van der Waals surface area contributed by atoms with Crippen molar-refractivity contribution in [3.05, 3.63) is 219 Å². The normalized spacial score (nSPS) is 11.5. The average Bonchev–Trinajstić information content (AvgIpc) is 4.59. The van der Waals surface area contributed by atoms with Gasteiger partial charge in [-0.3, -0.25) is 0 Å². The highest BCUT2D eigenvalue weighted by Gasteiger charge is 2.06. The van der Waals surface area contributed by atoms with E-state index in [-0.39, 0.29) is 24.7 Å². The number of aromatic nitrogens is 16. The molecule has 89 heavy (non-hydrogen) atoms. The summed E-state index contributed by atoms with van der Waals surface area (Å²) in [7, 11) is 0. The second kappa shape index (κ2) is 36.6.